The standard InChI is InChI=1S/C12H13O3PS/c1-14-16(13,15-2)17-12-8-7-10-5-3-4-6-11(10)9-12/h3-9H,1-2H3. The minimum atomic E-state index is -3.06. The first kappa shape index (κ1) is 12.7. The van der Waals surface area contributed by atoms with E-state index in [0.717, 1.165) is 27.0 Å². The molecule has 17 heavy (non-hydrogen) atoms. The first-order chi connectivity index (χ1) is 8.17. The van der Waals surface area contributed by atoms with E-state index in [1.165, 1.54) is 14.2 Å². The van der Waals surface area contributed by atoms with Gasteiger partial charge in [0.2, 0.25) is 0 Å². The van der Waals surface area contributed by atoms with Gasteiger partial charge in [0, 0.05) is 19.1 Å². The number of hydrogen-bond donors (Lipinski definition) is 0. The van der Waals surface area contributed by atoms with E-state index in [-0.39, 0.29) is 0 Å². The van der Waals surface area contributed by atoms with Crippen molar-refractivity contribution in [2.45, 2.75) is 4.90 Å². The van der Waals surface area contributed by atoms with Gasteiger partial charge in [0.1, 0.15) is 0 Å². The fraction of sp³-hybridized carbons (Fsp3) is 0.167. The Morgan fingerprint density at radius 1 is 1.00 bits per heavy atom. The summed E-state index contributed by atoms with van der Waals surface area (Å²) in [5.41, 5.74) is 0. The lowest BCUT2D eigenvalue weighted by Crippen LogP contribution is -1.83. The topological polar surface area (TPSA) is 35.5 Å². The van der Waals surface area contributed by atoms with Crippen LogP contribution in [-0.4, -0.2) is 14.2 Å². The maximum atomic E-state index is 12.0. The highest BCUT2D eigenvalue weighted by Gasteiger charge is 2.23. The summed E-state index contributed by atoms with van der Waals surface area (Å²) >= 11 is 1.12. The molecular formula is C12H13O3PS. The van der Waals surface area contributed by atoms with Crippen LogP contribution in [0.1, 0.15) is 0 Å². The molecule has 3 nitrogen and oxygen atoms in total. The van der Waals surface area contributed by atoms with E-state index in [0.29, 0.717) is 0 Å². The summed E-state index contributed by atoms with van der Waals surface area (Å²) in [7, 11) is 2.77. The highest BCUT2D eigenvalue weighted by molar-refractivity contribution is 8.55. The lowest BCUT2D eigenvalue weighted by atomic mass is 10.1. The zero-order valence-corrected chi connectivity index (χ0v) is 11.3. The van der Waals surface area contributed by atoms with E-state index >= 15 is 0 Å². The summed E-state index contributed by atoms with van der Waals surface area (Å²) in [4.78, 5) is 0.871. The number of rotatable bonds is 4. The Kier molecular flexibility index (Phi) is 3.89. The van der Waals surface area contributed by atoms with Crippen LogP contribution in [0.4, 0.5) is 0 Å². The Morgan fingerprint density at radius 2 is 1.65 bits per heavy atom. The van der Waals surface area contributed by atoms with Gasteiger partial charge in [-0.2, -0.15) is 0 Å². The van der Waals surface area contributed by atoms with Crippen LogP contribution in [0.25, 0.3) is 10.8 Å². The molecule has 0 bridgehead atoms. The second kappa shape index (κ2) is 5.23. The molecule has 0 heterocycles. The molecule has 0 aliphatic rings. The van der Waals surface area contributed by atoms with Crippen LogP contribution in [0.3, 0.4) is 0 Å². The summed E-state index contributed by atoms with van der Waals surface area (Å²) in [6, 6.07) is 13.9. The van der Waals surface area contributed by atoms with Crippen LogP contribution in [0.2, 0.25) is 0 Å². The van der Waals surface area contributed by atoms with E-state index in [1.54, 1.807) is 0 Å². The van der Waals surface area contributed by atoms with Gasteiger partial charge in [-0.1, -0.05) is 30.3 Å². The molecule has 0 amide bonds. The van der Waals surface area contributed by atoms with Gasteiger partial charge in [0.25, 0.3) is 0 Å². The summed E-state index contributed by atoms with van der Waals surface area (Å²) < 4.78 is 21.8. The summed E-state index contributed by atoms with van der Waals surface area (Å²) in [6.45, 7) is -3.06. The Labute approximate surface area is 104 Å². The molecule has 2 aromatic carbocycles. The highest BCUT2D eigenvalue weighted by atomic mass is 32.7. The average molecular weight is 268 g/mol. The minimum absolute atomic E-state index is 0.871. The van der Waals surface area contributed by atoms with Crippen LogP contribution in [-0.2, 0) is 13.6 Å². The molecule has 0 aliphatic heterocycles. The quantitative estimate of drug-likeness (QED) is 0.773. The van der Waals surface area contributed by atoms with Crippen molar-refractivity contribution in [3.8, 4) is 0 Å². The van der Waals surface area contributed by atoms with Crippen LogP contribution >= 0.6 is 18.2 Å². The minimum Gasteiger partial charge on any atom is -0.304 e. The largest absolute Gasteiger partial charge is 0.393 e. The normalized spacial score (nSPS) is 11.9. The van der Waals surface area contributed by atoms with E-state index in [4.69, 9.17) is 9.05 Å². The Morgan fingerprint density at radius 3 is 2.29 bits per heavy atom. The zero-order valence-electron chi connectivity index (χ0n) is 9.62. The fourth-order valence-corrected chi connectivity index (χ4v) is 3.93. The van der Waals surface area contributed by atoms with E-state index in [2.05, 4.69) is 0 Å². The van der Waals surface area contributed by atoms with Crippen molar-refractivity contribution in [3.05, 3.63) is 42.5 Å². The molecule has 0 N–H and O–H groups in total. The maximum Gasteiger partial charge on any atom is 0.393 e. The highest BCUT2D eigenvalue weighted by Crippen LogP contribution is 2.62. The van der Waals surface area contributed by atoms with Gasteiger partial charge in [-0.3, -0.25) is 0 Å². The van der Waals surface area contributed by atoms with Gasteiger partial charge in [0.15, 0.2) is 0 Å². The molecule has 0 aromatic heterocycles. The van der Waals surface area contributed by atoms with Crippen LogP contribution in [0.15, 0.2) is 47.4 Å². The van der Waals surface area contributed by atoms with E-state index in [9.17, 15) is 4.57 Å². The third-order valence-corrected chi connectivity index (χ3v) is 6.17. The van der Waals surface area contributed by atoms with Gasteiger partial charge in [-0.15, -0.1) is 0 Å². The molecule has 0 fully saturated rings. The Hall–Kier alpha value is -0.800. The molecule has 0 aliphatic carbocycles. The summed E-state index contributed by atoms with van der Waals surface area (Å²) in [5, 5.41) is 2.26. The molecule has 0 saturated carbocycles. The monoisotopic (exact) mass is 268 g/mol. The molecule has 2 aromatic rings. The van der Waals surface area contributed by atoms with E-state index in [1.807, 2.05) is 42.5 Å². The Bertz CT molecular complexity index is 562. The zero-order chi connectivity index (χ0) is 12.3. The maximum absolute atomic E-state index is 12.0. The van der Waals surface area contributed by atoms with Crippen molar-refractivity contribution in [2.24, 2.45) is 0 Å². The summed E-state index contributed by atoms with van der Waals surface area (Å²) in [5.74, 6) is 0. The van der Waals surface area contributed by atoms with Crippen molar-refractivity contribution >= 4 is 29.0 Å². The van der Waals surface area contributed by atoms with E-state index < -0.39 is 6.80 Å². The smallest absolute Gasteiger partial charge is 0.304 e. The van der Waals surface area contributed by atoms with Crippen molar-refractivity contribution in [1.82, 2.24) is 0 Å². The molecule has 0 spiro atoms. The third-order valence-electron chi connectivity index (χ3n) is 2.39. The molecule has 5 heteroatoms. The second-order valence-electron chi connectivity index (χ2n) is 3.41. The molecule has 0 saturated heterocycles. The molecule has 0 unspecified atom stereocenters. The SMILES string of the molecule is COP(=O)(OC)Sc1ccc2ccccc2c1. The number of fused-ring (bicyclic) bond motifs is 1. The summed E-state index contributed by atoms with van der Waals surface area (Å²) in [6.07, 6.45) is 0. The van der Waals surface area contributed by atoms with Gasteiger partial charge in [0.05, 0.1) is 0 Å². The number of benzene rings is 2. The predicted molar refractivity (Wildman–Crippen MR) is 71.4 cm³/mol. The molecule has 0 atom stereocenters. The fourth-order valence-electron chi connectivity index (χ4n) is 1.50. The number of hydrogen-bond acceptors (Lipinski definition) is 4. The van der Waals surface area contributed by atoms with Gasteiger partial charge >= 0.3 is 6.80 Å². The average Bonchev–Trinajstić information content (AvgIpc) is 2.38. The van der Waals surface area contributed by atoms with Gasteiger partial charge < -0.3 is 9.05 Å². The van der Waals surface area contributed by atoms with Gasteiger partial charge in [-0.05, 0) is 34.3 Å². The third kappa shape index (κ3) is 2.90. The molecule has 90 valence electrons. The van der Waals surface area contributed by atoms with Gasteiger partial charge in [-0.25, -0.2) is 4.57 Å². The van der Waals surface area contributed by atoms with Crippen molar-refractivity contribution in [2.75, 3.05) is 14.2 Å². The molecule has 0 radical (unpaired) electrons. The van der Waals surface area contributed by atoms with Crippen LogP contribution in [0.5, 0.6) is 0 Å². The van der Waals surface area contributed by atoms with Crippen molar-refractivity contribution in [3.63, 3.8) is 0 Å². The molecular weight excluding hydrogens is 255 g/mol. The Balaban J connectivity index is 2.34. The first-order valence-corrected chi connectivity index (χ1v) is 8.03. The molecule has 2 rings (SSSR count). The second-order valence-corrected chi connectivity index (χ2v) is 7.58. The van der Waals surface area contributed by atoms with Crippen LogP contribution < -0.4 is 0 Å². The van der Waals surface area contributed by atoms with Crippen LogP contribution in [0, 0.1) is 0 Å². The van der Waals surface area contributed by atoms with Crippen molar-refractivity contribution in [1.29, 1.82) is 0 Å². The lowest BCUT2D eigenvalue weighted by Gasteiger charge is -2.12. The lowest BCUT2D eigenvalue weighted by molar-refractivity contribution is 0.295. The first-order valence-electron chi connectivity index (χ1n) is 5.07. The predicted octanol–water partition coefficient (Wildman–Crippen LogP) is 4.33. The van der Waals surface area contributed by atoms with Crippen molar-refractivity contribution < 1.29 is 13.6 Å².